The molecule has 1 aromatic heterocycles. The number of nitro benzene ring substituents is 1. The summed E-state index contributed by atoms with van der Waals surface area (Å²) < 4.78 is 12.2. The number of nitro groups is 1. The first-order valence-electron chi connectivity index (χ1n) is 13.3. The van der Waals surface area contributed by atoms with Crippen molar-refractivity contribution in [3.63, 3.8) is 0 Å². The highest BCUT2D eigenvalue weighted by atomic mass is 127. The first-order chi connectivity index (χ1) is 21.3. The van der Waals surface area contributed by atoms with Gasteiger partial charge in [0.15, 0.2) is 16.6 Å². The van der Waals surface area contributed by atoms with Crippen LogP contribution >= 0.6 is 33.9 Å². The third-order valence-corrected chi connectivity index (χ3v) is 7.94. The summed E-state index contributed by atoms with van der Waals surface area (Å²) in [6.45, 7) is 2.17. The number of carbonyl (C=O) groups excluding carboxylic acids is 1. The Kier molecular flexibility index (Phi) is 9.82. The van der Waals surface area contributed by atoms with Gasteiger partial charge in [0.1, 0.15) is 6.61 Å². The molecular formula is C32H26IN5O5S. The summed E-state index contributed by atoms with van der Waals surface area (Å²) in [5.41, 5.74) is 8.22. The maximum atomic E-state index is 12.7. The van der Waals surface area contributed by atoms with Gasteiger partial charge in [-0.2, -0.15) is 5.10 Å². The second kappa shape index (κ2) is 14.1. The van der Waals surface area contributed by atoms with Crippen LogP contribution in [0.1, 0.15) is 27.0 Å². The quantitative estimate of drug-likeness (QED) is 0.0619. The lowest BCUT2D eigenvalue weighted by atomic mass is 10.1. The minimum Gasteiger partial charge on any atom is -0.493 e. The average molecular weight is 720 g/mol. The highest BCUT2D eigenvalue weighted by Gasteiger charge is 2.13. The van der Waals surface area contributed by atoms with Crippen LogP contribution in [0.5, 0.6) is 11.5 Å². The van der Waals surface area contributed by atoms with E-state index in [1.807, 2.05) is 54.8 Å². The van der Waals surface area contributed by atoms with Gasteiger partial charge in [-0.3, -0.25) is 14.9 Å². The normalized spacial score (nSPS) is 10.9. The molecule has 0 aliphatic heterocycles. The lowest BCUT2D eigenvalue weighted by molar-refractivity contribution is -0.384. The van der Waals surface area contributed by atoms with Crippen LogP contribution in [0.15, 0.2) is 95.4 Å². The summed E-state index contributed by atoms with van der Waals surface area (Å²) in [6, 6.07) is 25.1. The molecule has 0 saturated heterocycles. The van der Waals surface area contributed by atoms with Crippen LogP contribution in [0.2, 0.25) is 0 Å². The Hall–Kier alpha value is -4.82. The number of nitrogens with zero attached hydrogens (tertiary/aromatic N) is 3. The molecule has 0 fully saturated rings. The Bertz CT molecular complexity index is 1820. The summed E-state index contributed by atoms with van der Waals surface area (Å²) in [5, 5.41) is 21.2. The van der Waals surface area contributed by atoms with Gasteiger partial charge in [0.2, 0.25) is 0 Å². The molecule has 0 radical (unpaired) electrons. The number of hydrazone groups is 1. The number of thiazole rings is 1. The third kappa shape index (κ3) is 7.76. The van der Waals surface area contributed by atoms with E-state index in [2.05, 4.69) is 43.4 Å². The topological polar surface area (TPSA) is 128 Å². The Morgan fingerprint density at radius 2 is 1.86 bits per heavy atom. The van der Waals surface area contributed by atoms with Crippen molar-refractivity contribution in [3.8, 4) is 22.8 Å². The van der Waals surface area contributed by atoms with Gasteiger partial charge in [0, 0.05) is 34.3 Å². The highest BCUT2D eigenvalue weighted by molar-refractivity contribution is 14.1. The molecule has 0 spiro atoms. The Balaban J connectivity index is 1.18. The number of aryl methyl sites for hydroxylation is 1. The summed E-state index contributed by atoms with van der Waals surface area (Å²) in [7, 11) is 1.52. The molecule has 12 heteroatoms. The minimum absolute atomic E-state index is 0.00232. The molecule has 1 heterocycles. The number of anilines is 2. The average Bonchev–Trinajstić information content (AvgIpc) is 3.50. The number of halogens is 1. The first kappa shape index (κ1) is 30.6. The number of non-ortho nitro benzene ring substituents is 1. The second-order valence-electron chi connectivity index (χ2n) is 9.56. The maximum absolute atomic E-state index is 12.7. The van der Waals surface area contributed by atoms with Crippen molar-refractivity contribution in [1.29, 1.82) is 0 Å². The zero-order valence-electron chi connectivity index (χ0n) is 23.6. The van der Waals surface area contributed by atoms with Gasteiger partial charge in [-0.25, -0.2) is 10.4 Å². The zero-order valence-corrected chi connectivity index (χ0v) is 26.6. The lowest BCUT2D eigenvalue weighted by Gasteiger charge is -2.13. The molecule has 222 valence electrons. The fourth-order valence-corrected chi connectivity index (χ4v) is 5.64. The molecule has 0 saturated carbocycles. The minimum atomic E-state index is -0.445. The van der Waals surface area contributed by atoms with E-state index in [4.69, 9.17) is 9.47 Å². The molecule has 4 aromatic carbocycles. The fourth-order valence-electron chi connectivity index (χ4n) is 4.12. The molecule has 5 rings (SSSR count). The van der Waals surface area contributed by atoms with Crippen molar-refractivity contribution in [2.75, 3.05) is 12.4 Å². The molecule has 0 atom stereocenters. The van der Waals surface area contributed by atoms with E-state index in [-0.39, 0.29) is 18.2 Å². The number of carbonyl (C=O) groups is 1. The molecule has 10 nitrogen and oxygen atoms in total. The monoisotopic (exact) mass is 719 g/mol. The van der Waals surface area contributed by atoms with Gasteiger partial charge < -0.3 is 14.8 Å². The van der Waals surface area contributed by atoms with Crippen LogP contribution in [0.3, 0.4) is 0 Å². The van der Waals surface area contributed by atoms with Gasteiger partial charge in [0.25, 0.3) is 11.6 Å². The number of methoxy groups -OCH3 is 1. The van der Waals surface area contributed by atoms with Gasteiger partial charge in [-0.1, -0.05) is 42.0 Å². The summed E-state index contributed by atoms with van der Waals surface area (Å²) >= 11 is 3.62. The molecule has 2 N–H and O–H groups in total. The molecule has 0 aliphatic rings. The zero-order chi connectivity index (χ0) is 31.1. The van der Waals surface area contributed by atoms with Crippen LogP contribution in [0.25, 0.3) is 11.3 Å². The summed E-state index contributed by atoms with van der Waals surface area (Å²) in [6.07, 6.45) is 1.51. The van der Waals surface area contributed by atoms with E-state index < -0.39 is 4.92 Å². The second-order valence-corrected chi connectivity index (χ2v) is 11.6. The Morgan fingerprint density at radius 1 is 1.09 bits per heavy atom. The van der Waals surface area contributed by atoms with Gasteiger partial charge in [0.05, 0.1) is 27.5 Å². The maximum Gasteiger partial charge on any atom is 0.271 e. The number of aromatic nitrogens is 1. The van der Waals surface area contributed by atoms with E-state index in [1.165, 1.54) is 42.4 Å². The predicted molar refractivity (Wildman–Crippen MR) is 180 cm³/mol. The van der Waals surface area contributed by atoms with E-state index in [1.54, 1.807) is 30.3 Å². The number of rotatable bonds is 11. The van der Waals surface area contributed by atoms with Crippen LogP contribution in [-0.2, 0) is 6.61 Å². The number of hydrogen-bond acceptors (Lipinski definition) is 9. The number of nitrogens with one attached hydrogen (secondary N) is 2. The van der Waals surface area contributed by atoms with Crippen molar-refractivity contribution in [3.05, 3.63) is 126 Å². The fraction of sp³-hybridized carbons (Fsp3) is 0.0938. The number of hydrogen-bond donors (Lipinski definition) is 2. The van der Waals surface area contributed by atoms with E-state index in [0.29, 0.717) is 28.2 Å². The predicted octanol–water partition coefficient (Wildman–Crippen LogP) is 7.73. The summed E-state index contributed by atoms with van der Waals surface area (Å²) in [5.74, 6) is 0.607. The van der Waals surface area contributed by atoms with Crippen LogP contribution in [-0.4, -0.2) is 29.1 Å². The Labute approximate surface area is 271 Å². The van der Waals surface area contributed by atoms with Crippen molar-refractivity contribution in [1.82, 2.24) is 10.4 Å². The SMILES string of the molecule is COc1cc(/C=N\NC(=O)c2ccc(-c3csc(Nc4ccc(C)cc4)n3)cc2)cc(I)c1OCc1cccc([N+](=O)[O-])c1. The van der Waals surface area contributed by atoms with Gasteiger partial charge in [-0.05, 0) is 77.0 Å². The van der Waals surface area contributed by atoms with Crippen molar-refractivity contribution in [2.45, 2.75) is 13.5 Å². The lowest BCUT2D eigenvalue weighted by Crippen LogP contribution is -2.17. The molecule has 0 unspecified atom stereocenters. The number of ether oxygens (including phenoxy) is 2. The van der Waals surface area contributed by atoms with Crippen LogP contribution in [0.4, 0.5) is 16.5 Å². The molecule has 1 amide bonds. The van der Waals surface area contributed by atoms with Gasteiger partial charge in [-0.15, -0.1) is 11.3 Å². The van der Waals surface area contributed by atoms with E-state index in [9.17, 15) is 14.9 Å². The summed E-state index contributed by atoms with van der Waals surface area (Å²) in [4.78, 5) is 28.0. The number of amides is 1. The molecule has 0 aliphatic carbocycles. The smallest absolute Gasteiger partial charge is 0.271 e. The van der Waals surface area contributed by atoms with Crippen LogP contribution < -0.4 is 20.2 Å². The number of benzene rings is 4. The van der Waals surface area contributed by atoms with E-state index >= 15 is 0 Å². The van der Waals surface area contributed by atoms with Gasteiger partial charge >= 0.3 is 0 Å². The largest absolute Gasteiger partial charge is 0.493 e. The molecular weight excluding hydrogens is 693 g/mol. The molecule has 0 bridgehead atoms. The van der Waals surface area contributed by atoms with Crippen LogP contribution in [0, 0.1) is 20.6 Å². The highest BCUT2D eigenvalue weighted by Crippen LogP contribution is 2.34. The first-order valence-corrected chi connectivity index (χ1v) is 15.2. The molecule has 44 heavy (non-hydrogen) atoms. The van der Waals surface area contributed by atoms with Crippen molar-refractivity contribution in [2.24, 2.45) is 5.10 Å². The Morgan fingerprint density at radius 3 is 2.59 bits per heavy atom. The van der Waals surface area contributed by atoms with Crippen molar-refractivity contribution >= 4 is 62.6 Å². The third-order valence-electron chi connectivity index (χ3n) is 6.39. The standard InChI is InChI=1S/C32H26IN5O5S/c1-20-6-12-25(13-7-20)35-32-36-28(19-44-32)23-8-10-24(11-9-23)31(39)37-34-17-22-15-27(33)30(29(16-22)42-2)43-18-21-4-3-5-26(14-21)38(40)41/h3-17,19H,18H2,1-2H3,(H,35,36)(H,37,39)/b34-17-. The van der Waals surface area contributed by atoms with E-state index in [0.717, 1.165) is 25.6 Å². The molecule has 5 aromatic rings. The van der Waals surface area contributed by atoms with Crippen molar-refractivity contribution < 1.29 is 19.2 Å².